The Balaban J connectivity index is 1.47. The van der Waals surface area contributed by atoms with Gasteiger partial charge in [0.2, 0.25) is 0 Å². The summed E-state index contributed by atoms with van der Waals surface area (Å²) in [6.07, 6.45) is 19.9. The molecule has 0 radical (unpaired) electrons. The van der Waals surface area contributed by atoms with Gasteiger partial charge in [-0.15, -0.1) is 0 Å². The summed E-state index contributed by atoms with van der Waals surface area (Å²) < 4.78 is 0. The highest BCUT2D eigenvalue weighted by Crippen LogP contribution is 2.68. The molecule has 0 amide bonds. The molecule has 0 bridgehead atoms. The molecule has 0 heteroatoms. The molecule has 0 N–H and O–H groups in total. The fourth-order valence-electron chi connectivity index (χ4n) is 8.87. The molecule has 0 nitrogen and oxygen atoms in total. The van der Waals surface area contributed by atoms with Crippen molar-refractivity contribution < 1.29 is 0 Å². The molecule has 0 spiro atoms. The summed E-state index contributed by atoms with van der Waals surface area (Å²) in [5.41, 5.74) is 1.27. The molecule has 28 heavy (non-hydrogen) atoms. The molecular formula is C28H48. The number of hydrogen-bond acceptors (Lipinski definition) is 0. The highest BCUT2D eigenvalue weighted by molar-refractivity contribution is 5.12. The van der Waals surface area contributed by atoms with Crippen molar-refractivity contribution in [1.29, 1.82) is 0 Å². The Hall–Kier alpha value is -0.260. The molecule has 0 heterocycles. The third-order valence-electron chi connectivity index (χ3n) is 11.2. The van der Waals surface area contributed by atoms with Crippen molar-refractivity contribution in [2.24, 2.45) is 58.2 Å². The van der Waals surface area contributed by atoms with Gasteiger partial charge in [0.25, 0.3) is 0 Å². The third kappa shape index (κ3) is 3.33. The van der Waals surface area contributed by atoms with Crippen molar-refractivity contribution in [2.45, 2.75) is 106 Å². The predicted octanol–water partition coefficient (Wildman–Crippen LogP) is 8.52. The van der Waals surface area contributed by atoms with Gasteiger partial charge in [-0.05, 0) is 110 Å². The van der Waals surface area contributed by atoms with E-state index < -0.39 is 0 Å². The zero-order chi connectivity index (χ0) is 20.1. The standard InChI is InChI=1S/C28H48/c1-19(2)20(3)10-11-21(4)24-14-15-25-23-13-12-22-9-7-8-17-27(22,5)26(23)16-18-28(24,25)6/h7-8,19-26H,9-18H2,1-6H3/t20-,21+,22?,23-,24+,25-,26-,27-,28+/m0/s1. The van der Waals surface area contributed by atoms with Gasteiger partial charge in [0.1, 0.15) is 0 Å². The van der Waals surface area contributed by atoms with Crippen LogP contribution in [0.15, 0.2) is 12.2 Å². The van der Waals surface area contributed by atoms with E-state index in [4.69, 9.17) is 0 Å². The van der Waals surface area contributed by atoms with Crippen molar-refractivity contribution >= 4 is 0 Å². The van der Waals surface area contributed by atoms with Crippen molar-refractivity contribution in [3.05, 3.63) is 12.2 Å². The van der Waals surface area contributed by atoms with Gasteiger partial charge in [0, 0.05) is 0 Å². The molecule has 3 saturated carbocycles. The maximum Gasteiger partial charge on any atom is -0.0229 e. The van der Waals surface area contributed by atoms with Crippen molar-refractivity contribution in [1.82, 2.24) is 0 Å². The van der Waals surface area contributed by atoms with Gasteiger partial charge in [-0.1, -0.05) is 66.5 Å². The molecule has 4 rings (SSSR count). The van der Waals surface area contributed by atoms with Gasteiger partial charge < -0.3 is 0 Å². The first kappa shape index (κ1) is 21.0. The molecule has 3 fully saturated rings. The van der Waals surface area contributed by atoms with Gasteiger partial charge in [-0.2, -0.15) is 0 Å². The molecule has 0 aromatic heterocycles. The number of fused-ring (bicyclic) bond motifs is 5. The van der Waals surface area contributed by atoms with E-state index in [2.05, 4.69) is 53.7 Å². The molecule has 9 atom stereocenters. The number of allylic oxidation sites excluding steroid dienone is 2. The van der Waals surface area contributed by atoms with Gasteiger partial charge in [0.15, 0.2) is 0 Å². The summed E-state index contributed by atoms with van der Waals surface area (Å²) in [7, 11) is 0. The molecule has 4 aliphatic carbocycles. The Bertz CT molecular complexity index is 573. The van der Waals surface area contributed by atoms with E-state index in [1.165, 1.54) is 51.4 Å². The average Bonchev–Trinajstić information content (AvgIpc) is 3.02. The molecule has 0 aromatic rings. The second-order valence-corrected chi connectivity index (χ2v) is 12.6. The van der Waals surface area contributed by atoms with Crippen LogP contribution >= 0.6 is 0 Å². The summed E-state index contributed by atoms with van der Waals surface area (Å²) in [5, 5.41) is 0. The lowest BCUT2D eigenvalue weighted by Gasteiger charge is -2.60. The monoisotopic (exact) mass is 384 g/mol. The molecule has 4 aliphatic rings. The summed E-state index contributed by atoms with van der Waals surface area (Å²) in [4.78, 5) is 0. The lowest BCUT2D eigenvalue weighted by molar-refractivity contribution is -0.101. The van der Waals surface area contributed by atoms with Crippen LogP contribution in [0.25, 0.3) is 0 Å². The van der Waals surface area contributed by atoms with Crippen LogP contribution in [0.2, 0.25) is 0 Å². The van der Waals surface area contributed by atoms with Crippen molar-refractivity contribution in [3.8, 4) is 0 Å². The van der Waals surface area contributed by atoms with Crippen molar-refractivity contribution in [3.63, 3.8) is 0 Å². The quantitative estimate of drug-likeness (QED) is 0.417. The van der Waals surface area contributed by atoms with E-state index in [0.717, 1.165) is 47.3 Å². The zero-order valence-electron chi connectivity index (χ0n) is 19.8. The van der Waals surface area contributed by atoms with E-state index >= 15 is 0 Å². The van der Waals surface area contributed by atoms with Crippen LogP contribution in [0.3, 0.4) is 0 Å². The van der Waals surface area contributed by atoms with Crippen LogP contribution < -0.4 is 0 Å². The van der Waals surface area contributed by atoms with Crippen LogP contribution in [0.1, 0.15) is 106 Å². The van der Waals surface area contributed by atoms with Gasteiger partial charge in [0.05, 0.1) is 0 Å². The Kier molecular flexibility index (Phi) is 5.83. The minimum Gasteiger partial charge on any atom is -0.0882 e. The molecule has 0 saturated heterocycles. The van der Waals surface area contributed by atoms with Gasteiger partial charge >= 0.3 is 0 Å². The van der Waals surface area contributed by atoms with E-state index in [1.807, 2.05) is 0 Å². The Morgan fingerprint density at radius 2 is 1.57 bits per heavy atom. The van der Waals surface area contributed by atoms with Crippen LogP contribution in [-0.4, -0.2) is 0 Å². The summed E-state index contributed by atoms with van der Waals surface area (Å²) >= 11 is 0. The van der Waals surface area contributed by atoms with Gasteiger partial charge in [-0.3, -0.25) is 0 Å². The van der Waals surface area contributed by atoms with E-state index in [9.17, 15) is 0 Å². The zero-order valence-corrected chi connectivity index (χ0v) is 19.8. The second kappa shape index (κ2) is 7.77. The molecule has 0 aliphatic heterocycles. The molecule has 0 aromatic carbocycles. The first-order valence-electron chi connectivity index (χ1n) is 12.9. The normalized spacial score (nSPS) is 47.3. The van der Waals surface area contributed by atoms with E-state index in [0.29, 0.717) is 10.8 Å². The topological polar surface area (TPSA) is 0 Å². The Morgan fingerprint density at radius 1 is 0.821 bits per heavy atom. The molecule has 1 unspecified atom stereocenters. The Labute approximate surface area is 176 Å². The first-order chi connectivity index (χ1) is 13.3. The minimum absolute atomic E-state index is 0.620. The van der Waals surface area contributed by atoms with Crippen LogP contribution in [0.5, 0.6) is 0 Å². The van der Waals surface area contributed by atoms with Crippen LogP contribution in [0, 0.1) is 58.2 Å². The SMILES string of the molecule is CC(C)[C@@H](C)CC[C@@H](C)[C@H]1CC[C@H]2[C@@H]3CCC4CC=CC[C@]4(C)[C@H]3CC[C@]12C. The molecule has 160 valence electrons. The number of rotatable bonds is 5. The first-order valence-corrected chi connectivity index (χ1v) is 12.9. The second-order valence-electron chi connectivity index (χ2n) is 12.6. The summed E-state index contributed by atoms with van der Waals surface area (Å²) in [6.45, 7) is 15.3. The van der Waals surface area contributed by atoms with Crippen molar-refractivity contribution in [2.75, 3.05) is 0 Å². The fraction of sp³-hybridized carbons (Fsp3) is 0.929. The smallest absolute Gasteiger partial charge is 0.0229 e. The lowest BCUT2D eigenvalue weighted by atomic mass is 9.45. The predicted molar refractivity (Wildman–Crippen MR) is 122 cm³/mol. The van der Waals surface area contributed by atoms with Gasteiger partial charge in [-0.25, -0.2) is 0 Å². The van der Waals surface area contributed by atoms with E-state index in [-0.39, 0.29) is 0 Å². The highest BCUT2D eigenvalue weighted by atomic mass is 14.6. The van der Waals surface area contributed by atoms with Crippen LogP contribution in [-0.2, 0) is 0 Å². The maximum atomic E-state index is 2.74. The fourth-order valence-corrected chi connectivity index (χ4v) is 8.87. The van der Waals surface area contributed by atoms with E-state index in [1.54, 1.807) is 12.8 Å². The summed E-state index contributed by atoms with van der Waals surface area (Å²) in [6, 6.07) is 0. The minimum atomic E-state index is 0.620. The lowest BCUT2D eigenvalue weighted by Crippen LogP contribution is -2.52. The maximum absolute atomic E-state index is 2.74. The third-order valence-corrected chi connectivity index (χ3v) is 11.2. The van der Waals surface area contributed by atoms with Crippen LogP contribution in [0.4, 0.5) is 0 Å². The molecular weight excluding hydrogens is 336 g/mol. The average molecular weight is 385 g/mol. The summed E-state index contributed by atoms with van der Waals surface area (Å²) in [5.74, 6) is 7.73. The largest absolute Gasteiger partial charge is 0.0882 e. The Morgan fingerprint density at radius 3 is 2.32 bits per heavy atom. The number of hydrogen-bond donors (Lipinski definition) is 0. The highest BCUT2D eigenvalue weighted by Gasteiger charge is 2.59.